The standard InChI is InChI=1S/C20H37NO2/c1-4-14-20(23-19(3)17-18(2)22)15-12-10-8-6-5-7-9-11-13-16-21/h4,18-20,22H,1,5-15,17H2,2-3H3/t18-,19-,20+/m1/s1. The largest absolute Gasteiger partial charge is 0.393 e. The van der Waals surface area contributed by atoms with Gasteiger partial charge in [0.15, 0.2) is 0 Å². The third-order valence-corrected chi connectivity index (χ3v) is 4.09. The topological polar surface area (TPSA) is 53.2 Å². The summed E-state index contributed by atoms with van der Waals surface area (Å²) in [6.45, 7) is 7.66. The normalized spacial score (nSPS) is 14.9. The molecule has 0 aromatic rings. The maximum absolute atomic E-state index is 9.41. The highest BCUT2D eigenvalue weighted by Gasteiger charge is 2.13. The lowest BCUT2D eigenvalue weighted by molar-refractivity contribution is -0.0267. The minimum Gasteiger partial charge on any atom is -0.393 e. The van der Waals surface area contributed by atoms with Crippen LogP contribution in [0.25, 0.3) is 0 Å². The van der Waals surface area contributed by atoms with Crippen molar-refractivity contribution >= 4 is 0 Å². The molecule has 0 saturated heterocycles. The van der Waals surface area contributed by atoms with Gasteiger partial charge in [-0.1, -0.05) is 51.0 Å². The third-order valence-electron chi connectivity index (χ3n) is 4.09. The van der Waals surface area contributed by atoms with E-state index in [9.17, 15) is 5.11 Å². The zero-order valence-electron chi connectivity index (χ0n) is 15.3. The monoisotopic (exact) mass is 323 g/mol. The molecule has 0 aliphatic carbocycles. The minimum atomic E-state index is -0.303. The van der Waals surface area contributed by atoms with E-state index in [1.165, 1.54) is 44.9 Å². The van der Waals surface area contributed by atoms with Crippen LogP contribution in [0.3, 0.4) is 0 Å². The molecule has 0 radical (unpaired) electrons. The summed E-state index contributed by atoms with van der Waals surface area (Å²) in [5.41, 5.74) is 0. The molecule has 0 aromatic heterocycles. The molecule has 3 heteroatoms. The van der Waals surface area contributed by atoms with Gasteiger partial charge in [0.05, 0.1) is 24.4 Å². The predicted molar refractivity (Wildman–Crippen MR) is 97.2 cm³/mol. The zero-order valence-corrected chi connectivity index (χ0v) is 15.3. The van der Waals surface area contributed by atoms with Crippen LogP contribution in [-0.4, -0.2) is 23.4 Å². The van der Waals surface area contributed by atoms with Crippen LogP contribution < -0.4 is 0 Å². The van der Waals surface area contributed by atoms with Gasteiger partial charge in [0.2, 0.25) is 0 Å². The minimum absolute atomic E-state index is 0.105. The summed E-state index contributed by atoms with van der Waals surface area (Å²) in [7, 11) is 0. The molecule has 0 spiro atoms. The van der Waals surface area contributed by atoms with Gasteiger partial charge in [-0.3, -0.25) is 0 Å². The van der Waals surface area contributed by atoms with Crippen molar-refractivity contribution < 1.29 is 9.84 Å². The van der Waals surface area contributed by atoms with Crippen LogP contribution in [0.15, 0.2) is 12.7 Å². The van der Waals surface area contributed by atoms with Crippen molar-refractivity contribution in [3.8, 4) is 6.07 Å². The van der Waals surface area contributed by atoms with E-state index in [0.717, 1.165) is 19.3 Å². The number of nitriles is 1. The Morgan fingerprint density at radius 1 is 1.04 bits per heavy atom. The Bertz CT molecular complexity index is 309. The lowest BCUT2D eigenvalue weighted by Crippen LogP contribution is -2.22. The van der Waals surface area contributed by atoms with Crippen LogP contribution in [0.4, 0.5) is 0 Å². The van der Waals surface area contributed by atoms with Gasteiger partial charge in [-0.05, 0) is 39.5 Å². The van der Waals surface area contributed by atoms with Gasteiger partial charge in [0.1, 0.15) is 0 Å². The summed E-state index contributed by atoms with van der Waals surface area (Å²) in [5.74, 6) is 0. The summed E-state index contributed by atoms with van der Waals surface area (Å²) in [6, 6.07) is 2.20. The van der Waals surface area contributed by atoms with E-state index in [-0.39, 0.29) is 18.3 Å². The number of aliphatic hydroxyl groups is 1. The van der Waals surface area contributed by atoms with Gasteiger partial charge in [-0.2, -0.15) is 5.26 Å². The maximum atomic E-state index is 9.41. The highest BCUT2D eigenvalue weighted by atomic mass is 16.5. The molecule has 1 N–H and O–H groups in total. The lowest BCUT2D eigenvalue weighted by Gasteiger charge is -2.22. The molecule has 0 saturated carbocycles. The van der Waals surface area contributed by atoms with Crippen LogP contribution >= 0.6 is 0 Å². The Morgan fingerprint density at radius 2 is 1.61 bits per heavy atom. The molecule has 0 bridgehead atoms. The Kier molecular flexibility index (Phi) is 15.4. The maximum Gasteiger partial charge on any atom is 0.0621 e. The van der Waals surface area contributed by atoms with E-state index in [4.69, 9.17) is 10.00 Å². The number of rotatable bonds is 16. The van der Waals surface area contributed by atoms with Gasteiger partial charge in [0, 0.05) is 6.42 Å². The summed E-state index contributed by atoms with van der Waals surface area (Å²) < 4.78 is 6.03. The van der Waals surface area contributed by atoms with E-state index >= 15 is 0 Å². The molecule has 0 aliphatic heterocycles. The quantitative estimate of drug-likeness (QED) is 0.300. The first-order valence-electron chi connectivity index (χ1n) is 9.41. The van der Waals surface area contributed by atoms with Crippen molar-refractivity contribution in [3.05, 3.63) is 12.7 Å². The number of ether oxygens (including phenoxy) is 1. The number of hydrogen-bond acceptors (Lipinski definition) is 3. The van der Waals surface area contributed by atoms with Crippen LogP contribution in [-0.2, 0) is 4.74 Å². The van der Waals surface area contributed by atoms with E-state index in [1.54, 1.807) is 0 Å². The molecule has 23 heavy (non-hydrogen) atoms. The van der Waals surface area contributed by atoms with E-state index in [1.807, 2.05) is 19.9 Å². The molecule has 0 aliphatic rings. The third kappa shape index (κ3) is 15.8. The van der Waals surface area contributed by atoms with Crippen LogP contribution in [0.5, 0.6) is 0 Å². The molecular weight excluding hydrogens is 286 g/mol. The van der Waals surface area contributed by atoms with Crippen LogP contribution in [0, 0.1) is 11.3 Å². The average molecular weight is 324 g/mol. The van der Waals surface area contributed by atoms with Gasteiger partial charge in [-0.15, -0.1) is 6.58 Å². The number of hydrogen-bond donors (Lipinski definition) is 1. The Labute approximate surface area is 143 Å². The molecule has 0 amide bonds. The lowest BCUT2D eigenvalue weighted by atomic mass is 10.0. The van der Waals surface area contributed by atoms with Gasteiger partial charge < -0.3 is 9.84 Å². The summed E-state index contributed by atoms with van der Waals surface area (Å²) in [4.78, 5) is 0. The smallest absolute Gasteiger partial charge is 0.0621 e. The van der Waals surface area contributed by atoms with Gasteiger partial charge in [-0.25, -0.2) is 0 Å². The Balaban J connectivity index is 3.60. The molecule has 0 heterocycles. The fourth-order valence-electron chi connectivity index (χ4n) is 2.93. The van der Waals surface area contributed by atoms with Gasteiger partial charge >= 0.3 is 0 Å². The molecule has 3 nitrogen and oxygen atoms in total. The Morgan fingerprint density at radius 3 is 2.13 bits per heavy atom. The molecule has 0 fully saturated rings. The highest BCUT2D eigenvalue weighted by Crippen LogP contribution is 2.16. The van der Waals surface area contributed by atoms with E-state index in [2.05, 4.69) is 12.6 Å². The second-order valence-corrected chi connectivity index (χ2v) is 6.70. The van der Waals surface area contributed by atoms with Gasteiger partial charge in [0.25, 0.3) is 0 Å². The van der Waals surface area contributed by atoms with Crippen molar-refractivity contribution in [2.75, 3.05) is 0 Å². The predicted octanol–water partition coefficient (Wildman–Crippen LogP) is 5.53. The summed E-state index contributed by atoms with van der Waals surface area (Å²) in [6.07, 6.45) is 15.2. The first kappa shape index (κ1) is 22.1. The van der Waals surface area contributed by atoms with E-state index < -0.39 is 0 Å². The van der Waals surface area contributed by atoms with Crippen molar-refractivity contribution in [3.63, 3.8) is 0 Å². The number of aliphatic hydroxyl groups excluding tert-OH is 1. The average Bonchev–Trinajstić information content (AvgIpc) is 2.48. The first-order chi connectivity index (χ1) is 11.1. The molecular formula is C20H37NO2. The first-order valence-corrected chi connectivity index (χ1v) is 9.41. The molecule has 134 valence electrons. The van der Waals surface area contributed by atoms with Crippen molar-refractivity contribution in [1.29, 1.82) is 5.26 Å². The second kappa shape index (κ2) is 16.0. The summed E-state index contributed by atoms with van der Waals surface area (Å²) in [5, 5.41) is 17.9. The second-order valence-electron chi connectivity index (χ2n) is 6.70. The summed E-state index contributed by atoms with van der Waals surface area (Å²) >= 11 is 0. The van der Waals surface area contributed by atoms with Crippen LogP contribution in [0.2, 0.25) is 0 Å². The number of nitrogens with zero attached hydrogens (tertiary/aromatic N) is 1. The fourth-order valence-corrected chi connectivity index (χ4v) is 2.93. The fraction of sp³-hybridized carbons (Fsp3) is 0.850. The SMILES string of the molecule is C=CC[C@@H](CCCCCCCCCCC#N)O[C@H](C)C[C@@H](C)O. The van der Waals surface area contributed by atoms with Crippen molar-refractivity contribution in [2.45, 2.75) is 109 Å². The number of unbranched alkanes of at least 4 members (excludes halogenated alkanes) is 8. The molecule has 3 atom stereocenters. The van der Waals surface area contributed by atoms with Crippen LogP contribution in [0.1, 0.15) is 90.9 Å². The highest BCUT2D eigenvalue weighted by molar-refractivity contribution is 4.75. The zero-order chi connectivity index (χ0) is 17.3. The van der Waals surface area contributed by atoms with Crippen molar-refractivity contribution in [2.24, 2.45) is 0 Å². The molecule has 0 unspecified atom stereocenters. The van der Waals surface area contributed by atoms with E-state index in [0.29, 0.717) is 12.8 Å². The molecule has 0 aromatic carbocycles. The molecule has 0 rings (SSSR count). The Hall–Kier alpha value is -0.850. The van der Waals surface area contributed by atoms with Crippen molar-refractivity contribution in [1.82, 2.24) is 0 Å².